The molecule has 1 aliphatic rings. The summed E-state index contributed by atoms with van der Waals surface area (Å²) in [6, 6.07) is 15.9. The van der Waals surface area contributed by atoms with E-state index >= 15 is 0 Å². The van der Waals surface area contributed by atoms with Gasteiger partial charge in [0, 0.05) is 37.1 Å². The van der Waals surface area contributed by atoms with Gasteiger partial charge in [0.1, 0.15) is 22.6 Å². The van der Waals surface area contributed by atoms with Gasteiger partial charge in [-0.05, 0) is 42.8 Å². The van der Waals surface area contributed by atoms with Crippen LogP contribution in [0.5, 0.6) is 0 Å². The maximum Gasteiger partial charge on any atom is 0.273 e. The van der Waals surface area contributed by atoms with Crippen LogP contribution in [0.3, 0.4) is 0 Å². The second-order valence-corrected chi connectivity index (χ2v) is 7.66. The lowest BCUT2D eigenvalue weighted by atomic mass is 10.1. The Hall–Kier alpha value is -3.24. The minimum absolute atomic E-state index is 0.0926. The molecule has 2 aromatic carbocycles. The highest BCUT2D eigenvalue weighted by atomic mass is 32.1. The van der Waals surface area contributed by atoms with Crippen LogP contribution in [0.2, 0.25) is 0 Å². The van der Waals surface area contributed by atoms with E-state index in [9.17, 15) is 14.4 Å². The molecule has 1 saturated heterocycles. The second kappa shape index (κ2) is 8.41. The van der Waals surface area contributed by atoms with E-state index in [1.165, 1.54) is 23.5 Å². The molecule has 1 fully saturated rings. The smallest absolute Gasteiger partial charge is 0.273 e. The molecule has 0 radical (unpaired) electrons. The van der Waals surface area contributed by atoms with Crippen LogP contribution in [0.1, 0.15) is 22.5 Å². The maximum absolute atomic E-state index is 13.1. The number of hydrogen-bond donors (Lipinski definition) is 0. The van der Waals surface area contributed by atoms with Crippen LogP contribution in [0, 0.1) is 17.1 Å². The molecule has 4 rings (SSSR count). The molecule has 0 N–H and O–H groups in total. The van der Waals surface area contributed by atoms with Crippen molar-refractivity contribution in [1.29, 1.82) is 5.26 Å². The zero-order valence-electron chi connectivity index (χ0n) is 15.7. The van der Waals surface area contributed by atoms with Crippen LogP contribution >= 0.6 is 11.3 Å². The van der Waals surface area contributed by atoms with Crippen LogP contribution in [-0.2, 0) is 0 Å². The molecule has 7 heteroatoms. The topological polar surface area (TPSA) is 60.2 Å². The van der Waals surface area contributed by atoms with Crippen molar-refractivity contribution >= 4 is 22.9 Å². The Kier molecular flexibility index (Phi) is 5.54. The van der Waals surface area contributed by atoms with E-state index in [1.807, 2.05) is 29.2 Å². The summed E-state index contributed by atoms with van der Waals surface area (Å²) in [6.07, 6.45) is 0.820. The first-order valence-corrected chi connectivity index (χ1v) is 10.3. The number of carbonyl (C=O) groups excluding carboxylic acids is 1. The molecule has 2 heterocycles. The van der Waals surface area contributed by atoms with E-state index in [1.54, 1.807) is 17.5 Å². The third kappa shape index (κ3) is 4.13. The maximum atomic E-state index is 13.1. The van der Waals surface area contributed by atoms with Crippen LogP contribution in [-0.4, -0.2) is 42.0 Å². The van der Waals surface area contributed by atoms with Crippen molar-refractivity contribution in [2.24, 2.45) is 0 Å². The molecule has 3 aromatic rings. The number of nitriles is 1. The summed E-state index contributed by atoms with van der Waals surface area (Å²) in [6.45, 7) is 2.68. The average molecular weight is 406 g/mol. The molecular formula is C22H19FN4OS. The number of carbonyl (C=O) groups is 1. The van der Waals surface area contributed by atoms with E-state index in [0.717, 1.165) is 24.2 Å². The lowest BCUT2D eigenvalue weighted by Crippen LogP contribution is -2.35. The first-order chi connectivity index (χ1) is 14.2. The van der Waals surface area contributed by atoms with Crippen LogP contribution in [0.15, 0.2) is 53.9 Å². The zero-order valence-corrected chi connectivity index (χ0v) is 16.5. The Morgan fingerprint density at radius 2 is 1.86 bits per heavy atom. The lowest BCUT2D eigenvalue weighted by molar-refractivity contribution is 0.0762. The quantitative estimate of drug-likeness (QED) is 0.655. The molecule has 0 atom stereocenters. The number of rotatable bonds is 3. The van der Waals surface area contributed by atoms with E-state index in [-0.39, 0.29) is 11.7 Å². The average Bonchev–Trinajstić information content (AvgIpc) is 3.12. The fraction of sp³-hybridized carbons (Fsp3) is 0.227. The number of nitrogens with zero attached hydrogens (tertiary/aromatic N) is 4. The number of aromatic nitrogens is 1. The number of anilines is 1. The molecular weight excluding hydrogens is 387 g/mol. The van der Waals surface area contributed by atoms with Crippen molar-refractivity contribution in [3.8, 4) is 16.6 Å². The van der Waals surface area contributed by atoms with Gasteiger partial charge in [0.05, 0.1) is 11.3 Å². The fourth-order valence-electron chi connectivity index (χ4n) is 3.46. The fourth-order valence-corrected chi connectivity index (χ4v) is 4.26. The van der Waals surface area contributed by atoms with Crippen LogP contribution in [0.25, 0.3) is 10.6 Å². The molecule has 0 saturated carbocycles. The van der Waals surface area contributed by atoms with Gasteiger partial charge in [0.25, 0.3) is 5.91 Å². The molecule has 146 valence electrons. The van der Waals surface area contributed by atoms with Gasteiger partial charge in [-0.15, -0.1) is 11.3 Å². The molecule has 29 heavy (non-hydrogen) atoms. The number of halogens is 1. The third-order valence-electron chi connectivity index (χ3n) is 4.96. The van der Waals surface area contributed by atoms with Gasteiger partial charge in [-0.2, -0.15) is 5.26 Å². The van der Waals surface area contributed by atoms with Gasteiger partial charge >= 0.3 is 0 Å². The normalized spacial score (nSPS) is 14.3. The van der Waals surface area contributed by atoms with Crippen LogP contribution < -0.4 is 4.90 Å². The van der Waals surface area contributed by atoms with Gasteiger partial charge in [-0.3, -0.25) is 4.79 Å². The Bertz CT molecular complexity index is 1060. The van der Waals surface area contributed by atoms with E-state index in [4.69, 9.17) is 0 Å². The van der Waals surface area contributed by atoms with Crippen molar-refractivity contribution in [1.82, 2.24) is 9.88 Å². The van der Waals surface area contributed by atoms with Gasteiger partial charge in [-0.25, -0.2) is 9.37 Å². The predicted octanol–water partition coefficient (Wildman–Crippen LogP) is 4.17. The highest BCUT2D eigenvalue weighted by Crippen LogP contribution is 2.25. The highest BCUT2D eigenvalue weighted by Gasteiger charge is 2.23. The SMILES string of the molecule is N#Cc1ccccc1N1CCCN(C(=O)c2csc(-c3ccc(F)cc3)n2)CC1. The Morgan fingerprint density at radius 1 is 1.07 bits per heavy atom. The van der Waals surface area contributed by atoms with E-state index < -0.39 is 0 Å². The molecule has 0 unspecified atom stereocenters. The number of amides is 1. The van der Waals surface area contributed by atoms with Crippen molar-refractivity contribution in [2.75, 3.05) is 31.1 Å². The summed E-state index contributed by atoms with van der Waals surface area (Å²) >= 11 is 1.38. The largest absolute Gasteiger partial charge is 0.369 e. The number of thiazole rings is 1. The molecule has 0 spiro atoms. The Labute approximate surface area is 172 Å². The van der Waals surface area contributed by atoms with Gasteiger partial charge < -0.3 is 9.80 Å². The van der Waals surface area contributed by atoms with Gasteiger partial charge in [0.2, 0.25) is 0 Å². The minimum atomic E-state index is -0.298. The first-order valence-electron chi connectivity index (χ1n) is 9.40. The molecule has 5 nitrogen and oxygen atoms in total. The summed E-state index contributed by atoms with van der Waals surface area (Å²) in [5, 5.41) is 11.8. The summed E-state index contributed by atoms with van der Waals surface area (Å²) < 4.78 is 13.1. The van der Waals surface area contributed by atoms with Crippen LogP contribution in [0.4, 0.5) is 10.1 Å². The van der Waals surface area contributed by atoms with E-state index in [0.29, 0.717) is 35.9 Å². The van der Waals surface area contributed by atoms with Crippen molar-refractivity contribution < 1.29 is 9.18 Å². The molecule has 1 aliphatic heterocycles. The zero-order chi connectivity index (χ0) is 20.2. The number of hydrogen-bond acceptors (Lipinski definition) is 5. The molecule has 1 aromatic heterocycles. The van der Waals surface area contributed by atoms with Gasteiger partial charge in [0.15, 0.2) is 0 Å². The van der Waals surface area contributed by atoms with Crippen molar-refractivity contribution in [2.45, 2.75) is 6.42 Å². The summed E-state index contributed by atoms with van der Waals surface area (Å²) in [5.74, 6) is -0.390. The summed E-state index contributed by atoms with van der Waals surface area (Å²) in [5.41, 5.74) is 2.78. The molecule has 0 aliphatic carbocycles. The highest BCUT2D eigenvalue weighted by molar-refractivity contribution is 7.13. The molecule has 0 bridgehead atoms. The first kappa shape index (κ1) is 19.1. The van der Waals surface area contributed by atoms with Crippen molar-refractivity contribution in [3.63, 3.8) is 0 Å². The second-order valence-electron chi connectivity index (χ2n) is 6.81. The van der Waals surface area contributed by atoms with E-state index in [2.05, 4.69) is 16.0 Å². The monoisotopic (exact) mass is 406 g/mol. The standard InChI is InChI=1S/C22H19FN4OS/c23-18-8-6-16(7-9-18)21-25-19(15-29-21)22(28)27-11-3-10-26(12-13-27)20-5-2-1-4-17(20)14-24/h1-2,4-9,15H,3,10-13H2. The predicted molar refractivity (Wildman–Crippen MR) is 111 cm³/mol. The van der Waals surface area contributed by atoms with Crippen molar-refractivity contribution in [3.05, 3.63) is 71.0 Å². The Balaban J connectivity index is 1.46. The Morgan fingerprint density at radius 3 is 2.66 bits per heavy atom. The summed E-state index contributed by atoms with van der Waals surface area (Å²) in [7, 11) is 0. The number of para-hydroxylation sites is 1. The lowest BCUT2D eigenvalue weighted by Gasteiger charge is -2.24. The van der Waals surface area contributed by atoms with Gasteiger partial charge in [-0.1, -0.05) is 12.1 Å². The summed E-state index contributed by atoms with van der Waals surface area (Å²) in [4.78, 5) is 21.4. The third-order valence-corrected chi connectivity index (χ3v) is 5.85. The number of benzene rings is 2. The molecule has 1 amide bonds. The minimum Gasteiger partial charge on any atom is -0.369 e.